The monoisotopic (exact) mass is 352 g/mol. The molecule has 4 aliphatic rings. The van der Waals surface area contributed by atoms with Gasteiger partial charge in [-0.05, 0) is 66.2 Å². The number of fused-ring (bicyclic) bond motifs is 4. The normalized spacial score (nSPS) is 40.5. The molecule has 4 aliphatic carbocycles. The fourth-order valence-electron chi connectivity index (χ4n) is 5.67. The average molecular weight is 352 g/mol. The van der Waals surface area contributed by atoms with E-state index in [1.807, 2.05) is 19.1 Å². The third-order valence-electron chi connectivity index (χ3n) is 6.86. The number of halogens is 3. The number of aliphatic hydroxyl groups is 1. The molecule has 0 saturated heterocycles. The highest BCUT2D eigenvalue weighted by Gasteiger charge is 2.54. The minimum Gasteiger partial charge on any atom is -0.392 e. The van der Waals surface area contributed by atoms with E-state index >= 15 is 0 Å². The van der Waals surface area contributed by atoms with Crippen molar-refractivity contribution in [2.45, 2.75) is 57.7 Å². The summed E-state index contributed by atoms with van der Waals surface area (Å²) in [6, 6.07) is 0. The topological polar surface area (TPSA) is 37.3 Å². The standard InChI is InChI=1S/C20H23F3O2/c1-19-7-6-15-14-3-2-13(24)9-11(14)8-12(10-20(21,22)23)18(15)16(19)4-5-17(19)25/h6-7,9,12,16-18,25H,2-5,8,10H2,1H3/t12-,16-,17-,18+,19-/m0/s1. The Bertz CT molecular complexity index is 700. The number of rotatable bonds is 1. The number of allylic oxidation sites excluding steroid dienone is 5. The lowest BCUT2D eigenvalue weighted by atomic mass is 9.56. The van der Waals surface area contributed by atoms with Gasteiger partial charge in [-0.25, -0.2) is 0 Å². The molecular weight excluding hydrogens is 329 g/mol. The molecule has 0 unspecified atom stereocenters. The van der Waals surface area contributed by atoms with Crippen LogP contribution in [0.25, 0.3) is 0 Å². The summed E-state index contributed by atoms with van der Waals surface area (Å²) in [6.07, 6.45) is 2.80. The smallest absolute Gasteiger partial charge is 0.389 e. The second kappa shape index (κ2) is 5.57. The van der Waals surface area contributed by atoms with E-state index < -0.39 is 30.0 Å². The number of carbonyl (C=O) groups excluding carboxylic acids is 1. The van der Waals surface area contributed by atoms with E-state index in [-0.39, 0.29) is 17.6 Å². The van der Waals surface area contributed by atoms with Crippen molar-refractivity contribution >= 4 is 5.78 Å². The lowest BCUT2D eigenvalue weighted by molar-refractivity contribution is -0.150. The Labute approximate surface area is 145 Å². The highest BCUT2D eigenvalue weighted by Crippen LogP contribution is 2.59. The number of alkyl halides is 3. The highest BCUT2D eigenvalue weighted by molar-refractivity contribution is 5.93. The Balaban J connectivity index is 1.83. The summed E-state index contributed by atoms with van der Waals surface area (Å²) in [5.41, 5.74) is 2.45. The number of hydrogen-bond donors (Lipinski definition) is 1. The molecule has 2 nitrogen and oxygen atoms in total. The third-order valence-corrected chi connectivity index (χ3v) is 6.86. The molecule has 0 bridgehead atoms. The van der Waals surface area contributed by atoms with Gasteiger partial charge in [0, 0.05) is 18.3 Å². The Kier molecular flexibility index (Phi) is 3.80. The molecule has 0 amide bonds. The molecule has 0 aromatic heterocycles. The van der Waals surface area contributed by atoms with Crippen LogP contribution in [0.2, 0.25) is 0 Å². The van der Waals surface area contributed by atoms with E-state index in [1.165, 1.54) is 0 Å². The van der Waals surface area contributed by atoms with Gasteiger partial charge in [-0.1, -0.05) is 19.1 Å². The molecule has 0 aromatic rings. The predicted molar refractivity (Wildman–Crippen MR) is 87.6 cm³/mol. The second-order valence-electron chi connectivity index (χ2n) is 8.28. The molecule has 1 fully saturated rings. The van der Waals surface area contributed by atoms with Crippen molar-refractivity contribution in [2.75, 3.05) is 0 Å². The van der Waals surface area contributed by atoms with Crippen LogP contribution in [-0.2, 0) is 4.79 Å². The largest absolute Gasteiger partial charge is 0.392 e. The van der Waals surface area contributed by atoms with Crippen LogP contribution >= 0.6 is 0 Å². The number of carbonyl (C=O) groups is 1. The summed E-state index contributed by atoms with van der Waals surface area (Å²) in [6.45, 7) is 1.98. The number of ketones is 1. The summed E-state index contributed by atoms with van der Waals surface area (Å²) < 4.78 is 39.7. The van der Waals surface area contributed by atoms with E-state index in [2.05, 4.69) is 0 Å². The minimum absolute atomic E-state index is 0.0180. The summed E-state index contributed by atoms with van der Waals surface area (Å²) in [5, 5.41) is 10.4. The second-order valence-corrected chi connectivity index (χ2v) is 8.28. The van der Waals surface area contributed by atoms with Gasteiger partial charge >= 0.3 is 6.18 Å². The first-order chi connectivity index (χ1) is 11.7. The van der Waals surface area contributed by atoms with E-state index in [1.54, 1.807) is 6.08 Å². The summed E-state index contributed by atoms with van der Waals surface area (Å²) in [5.74, 6) is -0.657. The summed E-state index contributed by atoms with van der Waals surface area (Å²) in [7, 11) is 0. The maximum absolute atomic E-state index is 13.2. The minimum atomic E-state index is -4.22. The van der Waals surface area contributed by atoms with Crippen molar-refractivity contribution in [3.63, 3.8) is 0 Å². The van der Waals surface area contributed by atoms with Gasteiger partial charge in [0.05, 0.1) is 6.10 Å². The van der Waals surface area contributed by atoms with Gasteiger partial charge in [0.1, 0.15) is 0 Å². The fraction of sp³-hybridized carbons (Fsp3) is 0.650. The molecule has 5 atom stereocenters. The molecule has 0 aromatic carbocycles. The lowest BCUT2D eigenvalue weighted by Crippen LogP contribution is -2.43. The Morgan fingerprint density at radius 1 is 1.28 bits per heavy atom. The first-order valence-corrected chi connectivity index (χ1v) is 9.10. The molecule has 1 saturated carbocycles. The van der Waals surface area contributed by atoms with Gasteiger partial charge in [0.15, 0.2) is 5.78 Å². The van der Waals surface area contributed by atoms with Gasteiger partial charge in [0.25, 0.3) is 0 Å². The van der Waals surface area contributed by atoms with Crippen LogP contribution in [0.1, 0.15) is 45.4 Å². The molecule has 0 spiro atoms. The molecule has 5 heteroatoms. The van der Waals surface area contributed by atoms with Crippen molar-refractivity contribution in [1.82, 2.24) is 0 Å². The third kappa shape index (κ3) is 2.71. The van der Waals surface area contributed by atoms with Crippen molar-refractivity contribution in [2.24, 2.45) is 23.2 Å². The maximum Gasteiger partial charge on any atom is 0.389 e. The Hall–Kier alpha value is -1.36. The molecule has 4 rings (SSSR count). The highest BCUT2D eigenvalue weighted by atomic mass is 19.4. The molecular formula is C20H23F3O2. The molecule has 25 heavy (non-hydrogen) atoms. The van der Waals surface area contributed by atoms with Crippen LogP contribution in [0.4, 0.5) is 13.2 Å². The van der Waals surface area contributed by atoms with Crippen molar-refractivity contribution in [1.29, 1.82) is 0 Å². The van der Waals surface area contributed by atoms with Gasteiger partial charge in [-0.15, -0.1) is 0 Å². The first kappa shape index (κ1) is 17.1. The Morgan fingerprint density at radius 3 is 2.76 bits per heavy atom. The zero-order valence-corrected chi connectivity index (χ0v) is 14.3. The van der Waals surface area contributed by atoms with Crippen LogP contribution in [0.15, 0.2) is 34.9 Å². The van der Waals surface area contributed by atoms with Crippen LogP contribution in [0.5, 0.6) is 0 Å². The molecule has 0 heterocycles. The Morgan fingerprint density at radius 2 is 2.04 bits per heavy atom. The van der Waals surface area contributed by atoms with E-state index in [0.717, 1.165) is 23.1 Å². The van der Waals surface area contributed by atoms with E-state index in [9.17, 15) is 23.1 Å². The van der Waals surface area contributed by atoms with Gasteiger partial charge < -0.3 is 5.11 Å². The fourth-order valence-corrected chi connectivity index (χ4v) is 5.67. The molecule has 136 valence electrons. The zero-order valence-electron chi connectivity index (χ0n) is 14.3. The molecule has 0 aliphatic heterocycles. The number of hydrogen-bond acceptors (Lipinski definition) is 2. The zero-order chi connectivity index (χ0) is 18.0. The predicted octanol–water partition coefficient (Wildman–Crippen LogP) is 4.51. The van der Waals surface area contributed by atoms with Gasteiger partial charge in [0.2, 0.25) is 0 Å². The SMILES string of the molecule is C[C@]12C=CC3=C4CCC(=O)C=C4C[C@@H](CC(F)(F)F)[C@H]3[C@@H]1CC[C@@H]2O. The van der Waals surface area contributed by atoms with Crippen LogP contribution < -0.4 is 0 Å². The van der Waals surface area contributed by atoms with Crippen molar-refractivity contribution in [3.05, 3.63) is 34.9 Å². The molecule has 1 N–H and O–H groups in total. The summed E-state index contributed by atoms with van der Waals surface area (Å²) >= 11 is 0. The number of aliphatic hydroxyl groups excluding tert-OH is 1. The van der Waals surface area contributed by atoms with E-state index in [0.29, 0.717) is 25.7 Å². The quantitative estimate of drug-likeness (QED) is 0.754. The van der Waals surface area contributed by atoms with Gasteiger partial charge in [-0.3, -0.25) is 4.79 Å². The first-order valence-electron chi connectivity index (χ1n) is 9.10. The van der Waals surface area contributed by atoms with Crippen LogP contribution in [0.3, 0.4) is 0 Å². The van der Waals surface area contributed by atoms with E-state index in [4.69, 9.17) is 0 Å². The van der Waals surface area contributed by atoms with Gasteiger partial charge in [-0.2, -0.15) is 13.2 Å². The lowest BCUT2D eigenvalue weighted by Gasteiger charge is -2.48. The average Bonchev–Trinajstić information content (AvgIpc) is 2.81. The maximum atomic E-state index is 13.2. The summed E-state index contributed by atoms with van der Waals surface area (Å²) in [4.78, 5) is 11.8. The molecule has 0 radical (unpaired) electrons. The van der Waals surface area contributed by atoms with Crippen molar-refractivity contribution in [3.8, 4) is 0 Å². The van der Waals surface area contributed by atoms with Crippen LogP contribution in [-0.4, -0.2) is 23.2 Å². The van der Waals surface area contributed by atoms with Crippen molar-refractivity contribution < 1.29 is 23.1 Å². The van der Waals surface area contributed by atoms with Crippen LogP contribution in [0, 0.1) is 23.2 Å².